The largest absolute Gasteiger partial charge is 0.496 e. The molecular weight excluding hydrogens is 479 g/mol. The third-order valence-electron chi connectivity index (χ3n) is 4.20. The molecule has 9 heteroatoms. The van der Waals surface area contributed by atoms with Gasteiger partial charge in [0.25, 0.3) is 11.8 Å². The number of benzene rings is 2. The van der Waals surface area contributed by atoms with Crippen LogP contribution in [0.4, 0.5) is 10.5 Å². The lowest BCUT2D eigenvalue weighted by Gasteiger charge is -2.26. The molecule has 2 aromatic rings. The van der Waals surface area contributed by atoms with Crippen LogP contribution < -0.4 is 24.4 Å². The maximum absolute atomic E-state index is 12.9. The van der Waals surface area contributed by atoms with Gasteiger partial charge in [-0.25, -0.2) is 9.69 Å². The van der Waals surface area contributed by atoms with Crippen molar-refractivity contribution in [2.75, 3.05) is 18.8 Å². The molecule has 2 aliphatic rings. The molecule has 1 saturated heterocycles. The quantitative estimate of drug-likeness (QED) is 0.403. The Balaban J connectivity index is 1.71. The van der Waals surface area contributed by atoms with Crippen molar-refractivity contribution in [1.29, 1.82) is 0 Å². The van der Waals surface area contributed by atoms with Crippen molar-refractivity contribution in [2.45, 2.75) is 0 Å². The number of ether oxygens (including phenoxy) is 3. The molecule has 1 N–H and O–H groups in total. The van der Waals surface area contributed by atoms with E-state index in [9.17, 15) is 14.4 Å². The normalized spacial score (nSPS) is 17.1. The summed E-state index contributed by atoms with van der Waals surface area (Å²) in [6.07, 6.45) is 1.44. The van der Waals surface area contributed by atoms with Crippen LogP contribution in [0.25, 0.3) is 6.08 Å². The Morgan fingerprint density at radius 3 is 2.64 bits per heavy atom. The highest BCUT2D eigenvalue weighted by Gasteiger charge is 2.37. The lowest BCUT2D eigenvalue weighted by molar-refractivity contribution is -0.122. The van der Waals surface area contributed by atoms with Crippen LogP contribution in [0.3, 0.4) is 0 Å². The smallest absolute Gasteiger partial charge is 0.335 e. The third-order valence-corrected chi connectivity index (χ3v) is 5.05. The molecule has 8 nitrogen and oxygen atoms in total. The lowest BCUT2D eigenvalue weighted by atomic mass is 10.1. The van der Waals surface area contributed by atoms with Gasteiger partial charge in [0.2, 0.25) is 6.79 Å². The zero-order valence-corrected chi connectivity index (χ0v) is 16.7. The summed E-state index contributed by atoms with van der Waals surface area (Å²) >= 11 is 2.09. The van der Waals surface area contributed by atoms with E-state index in [1.807, 2.05) is 0 Å². The van der Waals surface area contributed by atoms with E-state index in [0.717, 1.165) is 8.47 Å². The van der Waals surface area contributed by atoms with Crippen molar-refractivity contribution >= 4 is 52.2 Å². The molecule has 28 heavy (non-hydrogen) atoms. The summed E-state index contributed by atoms with van der Waals surface area (Å²) in [4.78, 5) is 38.4. The van der Waals surface area contributed by atoms with Gasteiger partial charge < -0.3 is 14.2 Å². The van der Waals surface area contributed by atoms with E-state index >= 15 is 0 Å². The number of hydrogen-bond acceptors (Lipinski definition) is 6. The van der Waals surface area contributed by atoms with Gasteiger partial charge in [-0.1, -0.05) is 6.07 Å². The van der Waals surface area contributed by atoms with Crippen molar-refractivity contribution in [3.05, 3.63) is 51.1 Å². The molecule has 0 bridgehead atoms. The molecule has 4 amide bonds. The molecule has 2 aromatic carbocycles. The lowest BCUT2D eigenvalue weighted by Crippen LogP contribution is -2.54. The number of barbiturate groups is 1. The molecule has 0 saturated carbocycles. The van der Waals surface area contributed by atoms with Gasteiger partial charge in [0, 0.05) is 6.07 Å². The maximum atomic E-state index is 12.9. The minimum absolute atomic E-state index is 0.0681. The fraction of sp³-hybridized carbons (Fsp3) is 0.105. The predicted octanol–water partition coefficient (Wildman–Crippen LogP) is 2.69. The first kappa shape index (κ1) is 18.3. The minimum Gasteiger partial charge on any atom is -0.496 e. The van der Waals surface area contributed by atoms with Gasteiger partial charge in [-0.2, -0.15) is 0 Å². The zero-order valence-electron chi connectivity index (χ0n) is 14.5. The van der Waals surface area contributed by atoms with E-state index < -0.39 is 17.8 Å². The van der Waals surface area contributed by atoms with Gasteiger partial charge in [0.15, 0.2) is 11.5 Å². The standard InChI is InChI=1S/C19H13IN2O6/c1-26-14-4-2-10(7-13(14)20)6-12-17(23)21-19(25)22(18(12)24)11-3-5-15-16(8-11)28-9-27-15/h2-8H,9H2,1H3,(H,21,23,25)/b12-6+. The summed E-state index contributed by atoms with van der Waals surface area (Å²) in [6, 6.07) is 9.07. The Hall–Kier alpha value is -3.08. The average molecular weight is 492 g/mol. The first-order valence-corrected chi connectivity index (χ1v) is 9.20. The Morgan fingerprint density at radius 1 is 1.11 bits per heavy atom. The van der Waals surface area contributed by atoms with E-state index in [1.165, 1.54) is 12.1 Å². The number of carbonyl (C=O) groups is 3. The molecule has 0 radical (unpaired) electrons. The van der Waals surface area contributed by atoms with E-state index in [4.69, 9.17) is 14.2 Å². The van der Waals surface area contributed by atoms with Crippen molar-refractivity contribution in [2.24, 2.45) is 0 Å². The van der Waals surface area contributed by atoms with Crippen molar-refractivity contribution in [3.63, 3.8) is 0 Å². The van der Waals surface area contributed by atoms with Crippen molar-refractivity contribution < 1.29 is 28.6 Å². The van der Waals surface area contributed by atoms with E-state index in [1.54, 1.807) is 37.4 Å². The highest BCUT2D eigenvalue weighted by atomic mass is 127. The van der Waals surface area contributed by atoms with Gasteiger partial charge in [0.1, 0.15) is 11.3 Å². The van der Waals surface area contributed by atoms with Crippen LogP contribution >= 0.6 is 22.6 Å². The van der Waals surface area contributed by atoms with Crippen LogP contribution in [0.2, 0.25) is 0 Å². The monoisotopic (exact) mass is 492 g/mol. The Morgan fingerprint density at radius 2 is 1.89 bits per heavy atom. The fourth-order valence-corrected chi connectivity index (χ4v) is 3.61. The number of halogens is 1. The van der Waals surface area contributed by atoms with E-state index in [-0.39, 0.29) is 18.1 Å². The highest BCUT2D eigenvalue weighted by Crippen LogP contribution is 2.36. The van der Waals surface area contributed by atoms with Gasteiger partial charge in [-0.3, -0.25) is 14.9 Å². The van der Waals surface area contributed by atoms with E-state index in [0.29, 0.717) is 22.8 Å². The first-order chi connectivity index (χ1) is 13.5. The SMILES string of the molecule is COc1ccc(/C=C2\C(=O)NC(=O)N(c3ccc4c(c3)OCO4)C2=O)cc1I. The number of nitrogens with one attached hydrogen (secondary N) is 1. The summed E-state index contributed by atoms with van der Waals surface area (Å²) in [5.74, 6) is 0.147. The molecule has 2 heterocycles. The molecule has 142 valence electrons. The molecule has 0 aromatic heterocycles. The van der Waals surface area contributed by atoms with Crippen molar-refractivity contribution in [1.82, 2.24) is 5.32 Å². The number of amides is 4. The molecule has 1 fully saturated rings. The number of urea groups is 1. The summed E-state index contributed by atoms with van der Waals surface area (Å²) in [5, 5.41) is 2.19. The first-order valence-electron chi connectivity index (χ1n) is 8.12. The van der Waals surface area contributed by atoms with Crippen LogP contribution in [-0.2, 0) is 9.59 Å². The predicted molar refractivity (Wildman–Crippen MR) is 107 cm³/mol. The summed E-state index contributed by atoms with van der Waals surface area (Å²) in [6.45, 7) is 0.0681. The van der Waals surface area contributed by atoms with Crippen LogP contribution in [-0.4, -0.2) is 31.7 Å². The minimum atomic E-state index is -0.824. The number of hydrogen-bond donors (Lipinski definition) is 1. The number of methoxy groups -OCH3 is 1. The van der Waals surface area contributed by atoms with Gasteiger partial charge in [0.05, 0.1) is 16.4 Å². The van der Waals surface area contributed by atoms with Gasteiger partial charge >= 0.3 is 6.03 Å². The molecule has 0 spiro atoms. The second kappa shape index (κ2) is 7.15. The topological polar surface area (TPSA) is 94.2 Å². The number of nitrogens with zero attached hydrogens (tertiary/aromatic N) is 1. The summed E-state index contributed by atoms with van der Waals surface area (Å²) < 4.78 is 16.6. The molecular formula is C19H13IN2O6. The number of fused-ring (bicyclic) bond motifs is 1. The van der Waals surface area contributed by atoms with Crippen LogP contribution in [0.15, 0.2) is 42.0 Å². The molecule has 4 rings (SSSR count). The molecule has 2 aliphatic heterocycles. The number of carbonyl (C=O) groups excluding carboxylic acids is 3. The van der Waals surface area contributed by atoms with Crippen molar-refractivity contribution in [3.8, 4) is 17.2 Å². The summed E-state index contributed by atoms with van der Waals surface area (Å²) in [5.41, 5.74) is 0.747. The van der Waals surface area contributed by atoms with Crippen LogP contribution in [0, 0.1) is 3.57 Å². The Labute approximate surface area is 173 Å². The molecule has 0 aliphatic carbocycles. The fourth-order valence-electron chi connectivity index (χ4n) is 2.86. The van der Waals surface area contributed by atoms with Crippen LogP contribution in [0.5, 0.6) is 17.2 Å². The second-order valence-corrected chi connectivity index (χ2v) is 7.05. The molecule has 0 atom stereocenters. The highest BCUT2D eigenvalue weighted by molar-refractivity contribution is 14.1. The zero-order chi connectivity index (χ0) is 19.8. The van der Waals surface area contributed by atoms with Crippen LogP contribution in [0.1, 0.15) is 5.56 Å². The summed E-state index contributed by atoms with van der Waals surface area (Å²) in [7, 11) is 1.56. The number of rotatable bonds is 3. The van der Waals surface area contributed by atoms with Gasteiger partial charge in [-0.05, 0) is 58.5 Å². The second-order valence-electron chi connectivity index (χ2n) is 5.89. The van der Waals surface area contributed by atoms with Gasteiger partial charge in [-0.15, -0.1) is 0 Å². The maximum Gasteiger partial charge on any atom is 0.335 e. The average Bonchev–Trinajstić information content (AvgIpc) is 3.13. The Kier molecular flexibility index (Phi) is 4.67. The van der Waals surface area contributed by atoms with E-state index in [2.05, 4.69) is 27.9 Å². The third kappa shape index (κ3) is 3.17. The number of imide groups is 2. The number of anilines is 1. The molecule has 0 unspecified atom stereocenters. The Bertz CT molecular complexity index is 1050.